The number of anilines is 1. The van der Waals surface area contributed by atoms with Gasteiger partial charge in [0.15, 0.2) is 11.2 Å². The van der Waals surface area contributed by atoms with Crippen molar-refractivity contribution in [2.24, 2.45) is 0 Å². The highest BCUT2D eigenvalue weighted by atomic mass is 32.2. The van der Waals surface area contributed by atoms with Gasteiger partial charge in [-0.05, 0) is 38.1 Å². The summed E-state index contributed by atoms with van der Waals surface area (Å²) in [7, 11) is 0. The number of pyridine rings is 1. The lowest BCUT2D eigenvalue weighted by molar-refractivity contribution is -0.113. The van der Waals surface area contributed by atoms with Crippen LogP contribution in [0.3, 0.4) is 0 Å². The van der Waals surface area contributed by atoms with Crippen LogP contribution in [0.1, 0.15) is 12.6 Å². The number of nitrogens with zero attached hydrogens (tertiary/aromatic N) is 2. The average Bonchev–Trinajstić information content (AvgIpc) is 2.97. The summed E-state index contributed by atoms with van der Waals surface area (Å²) in [6.45, 7) is 4.33. The Bertz CT molecular complexity index is 863. The molecule has 1 amide bonds. The van der Waals surface area contributed by atoms with E-state index in [0.29, 0.717) is 34.5 Å². The molecular weight excluding hydrogens is 326 g/mol. The number of para-hydroxylation sites is 2. The first kappa shape index (κ1) is 16.3. The second-order valence-corrected chi connectivity index (χ2v) is 5.95. The van der Waals surface area contributed by atoms with Gasteiger partial charge in [0.2, 0.25) is 5.91 Å². The predicted octanol–water partition coefficient (Wildman–Crippen LogP) is 3.66. The molecule has 2 aromatic heterocycles. The van der Waals surface area contributed by atoms with Gasteiger partial charge in [0.25, 0.3) is 5.22 Å². The lowest BCUT2D eigenvalue weighted by Crippen LogP contribution is -2.14. The highest BCUT2D eigenvalue weighted by Gasteiger charge is 2.12. The number of benzene rings is 1. The lowest BCUT2D eigenvalue weighted by atomic mass is 10.3. The third kappa shape index (κ3) is 3.86. The zero-order chi connectivity index (χ0) is 16.9. The highest BCUT2D eigenvalue weighted by molar-refractivity contribution is 7.99. The first-order chi connectivity index (χ1) is 11.7. The fraction of sp³-hybridized carbons (Fsp3) is 0.235. The Labute approximate surface area is 143 Å². The summed E-state index contributed by atoms with van der Waals surface area (Å²) in [4.78, 5) is 20.7. The summed E-state index contributed by atoms with van der Waals surface area (Å²) in [5.41, 5.74) is 2.70. The summed E-state index contributed by atoms with van der Waals surface area (Å²) in [6.07, 6.45) is 0. The maximum atomic E-state index is 12.1. The second kappa shape index (κ2) is 7.35. The van der Waals surface area contributed by atoms with E-state index in [9.17, 15) is 4.79 Å². The molecule has 6 nitrogen and oxygen atoms in total. The molecule has 124 valence electrons. The zero-order valence-corrected chi connectivity index (χ0v) is 14.2. The van der Waals surface area contributed by atoms with Crippen molar-refractivity contribution >= 4 is 34.6 Å². The van der Waals surface area contributed by atoms with Gasteiger partial charge in [0.1, 0.15) is 5.75 Å². The first-order valence-electron chi connectivity index (χ1n) is 7.54. The highest BCUT2D eigenvalue weighted by Crippen LogP contribution is 2.25. The Morgan fingerprint density at radius 1 is 1.25 bits per heavy atom. The quantitative estimate of drug-likeness (QED) is 0.688. The lowest BCUT2D eigenvalue weighted by Gasteiger charge is -2.10. The van der Waals surface area contributed by atoms with Crippen LogP contribution < -0.4 is 10.1 Å². The number of hydrogen-bond acceptors (Lipinski definition) is 6. The van der Waals surface area contributed by atoms with Crippen molar-refractivity contribution in [3.05, 3.63) is 42.1 Å². The summed E-state index contributed by atoms with van der Waals surface area (Å²) in [5, 5.41) is 3.27. The number of ether oxygens (including phenoxy) is 1. The number of aromatic nitrogens is 2. The summed E-state index contributed by atoms with van der Waals surface area (Å²) in [5.74, 6) is 0.685. The van der Waals surface area contributed by atoms with Crippen LogP contribution in [0.2, 0.25) is 0 Å². The van der Waals surface area contributed by atoms with Gasteiger partial charge >= 0.3 is 0 Å². The standard InChI is InChI=1S/C17H17N3O3S/c1-3-22-13-7-5-4-6-12(13)19-15(21)10-24-17-20-16-14(23-17)9-8-11(2)18-16/h4-9H,3,10H2,1-2H3,(H,19,21). The van der Waals surface area contributed by atoms with Crippen LogP contribution in [0, 0.1) is 6.92 Å². The monoisotopic (exact) mass is 343 g/mol. The molecule has 3 aromatic rings. The third-order valence-corrected chi connectivity index (χ3v) is 3.99. The normalized spacial score (nSPS) is 10.8. The van der Waals surface area contributed by atoms with Crippen LogP contribution in [0.25, 0.3) is 11.2 Å². The molecule has 0 unspecified atom stereocenters. The molecule has 0 saturated heterocycles. The maximum Gasteiger partial charge on any atom is 0.258 e. The fourth-order valence-electron chi connectivity index (χ4n) is 2.12. The Hall–Kier alpha value is -2.54. The van der Waals surface area contributed by atoms with Gasteiger partial charge < -0.3 is 14.5 Å². The van der Waals surface area contributed by atoms with E-state index in [-0.39, 0.29) is 11.7 Å². The van der Waals surface area contributed by atoms with Crippen molar-refractivity contribution in [1.29, 1.82) is 0 Å². The van der Waals surface area contributed by atoms with E-state index < -0.39 is 0 Å². The van der Waals surface area contributed by atoms with Gasteiger partial charge in [-0.15, -0.1) is 0 Å². The largest absolute Gasteiger partial charge is 0.492 e. The van der Waals surface area contributed by atoms with E-state index in [4.69, 9.17) is 9.15 Å². The molecule has 0 fully saturated rings. The molecule has 0 spiro atoms. The van der Waals surface area contributed by atoms with Gasteiger partial charge in [-0.2, -0.15) is 4.98 Å². The summed E-state index contributed by atoms with van der Waals surface area (Å²) in [6, 6.07) is 11.0. The molecule has 1 N–H and O–H groups in total. The number of thioether (sulfide) groups is 1. The molecule has 0 saturated carbocycles. The van der Waals surface area contributed by atoms with Gasteiger partial charge in [-0.25, -0.2) is 4.98 Å². The molecule has 2 heterocycles. The molecule has 0 aliphatic heterocycles. The van der Waals surface area contributed by atoms with Crippen molar-refractivity contribution in [2.75, 3.05) is 17.7 Å². The van der Waals surface area contributed by atoms with Crippen molar-refractivity contribution in [2.45, 2.75) is 19.1 Å². The first-order valence-corrected chi connectivity index (χ1v) is 8.53. The van der Waals surface area contributed by atoms with Crippen LogP contribution in [0.4, 0.5) is 5.69 Å². The minimum atomic E-state index is -0.154. The molecule has 24 heavy (non-hydrogen) atoms. The van der Waals surface area contributed by atoms with Crippen molar-refractivity contribution in [3.8, 4) is 5.75 Å². The molecule has 1 aromatic carbocycles. The number of carbonyl (C=O) groups excluding carboxylic acids is 1. The number of aryl methyl sites for hydroxylation is 1. The van der Waals surface area contributed by atoms with E-state index in [1.54, 1.807) is 6.07 Å². The number of fused-ring (bicyclic) bond motifs is 1. The Kier molecular flexibility index (Phi) is 5.00. The average molecular weight is 343 g/mol. The topological polar surface area (TPSA) is 77.2 Å². The smallest absolute Gasteiger partial charge is 0.258 e. The van der Waals surface area contributed by atoms with Crippen LogP contribution >= 0.6 is 11.8 Å². The predicted molar refractivity (Wildman–Crippen MR) is 93.5 cm³/mol. The van der Waals surface area contributed by atoms with E-state index in [1.807, 2.05) is 44.2 Å². The Balaban J connectivity index is 1.62. The number of hydrogen-bond donors (Lipinski definition) is 1. The fourth-order valence-corrected chi connectivity index (χ4v) is 2.75. The number of nitrogens with one attached hydrogen (secondary N) is 1. The van der Waals surface area contributed by atoms with Crippen molar-refractivity contribution in [1.82, 2.24) is 9.97 Å². The van der Waals surface area contributed by atoms with E-state index in [2.05, 4.69) is 15.3 Å². The van der Waals surface area contributed by atoms with Crippen LogP contribution in [0.15, 0.2) is 46.0 Å². The van der Waals surface area contributed by atoms with Crippen LogP contribution in [-0.4, -0.2) is 28.2 Å². The van der Waals surface area contributed by atoms with Crippen LogP contribution in [0.5, 0.6) is 5.75 Å². The van der Waals surface area contributed by atoms with Gasteiger partial charge in [0, 0.05) is 5.69 Å². The SMILES string of the molecule is CCOc1ccccc1NC(=O)CSc1nc2nc(C)ccc2o1. The number of oxazole rings is 1. The maximum absolute atomic E-state index is 12.1. The number of rotatable bonds is 6. The number of amides is 1. The molecular formula is C17H17N3O3S. The third-order valence-electron chi connectivity index (χ3n) is 3.16. The minimum Gasteiger partial charge on any atom is -0.492 e. The molecule has 3 rings (SSSR count). The number of carbonyl (C=O) groups is 1. The molecule has 0 radical (unpaired) electrons. The van der Waals surface area contributed by atoms with Crippen LogP contribution in [-0.2, 0) is 4.79 Å². The summed E-state index contributed by atoms with van der Waals surface area (Å²) >= 11 is 1.23. The molecule has 0 bridgehead atoms. The van der Waals surface area contributed by atoms with E-state index >= 15 is 0 Å². The van der Waals surface area contributed by atoms with E-state index in [0.717, 1.165) is 5.69 Å². The second-order valence-electron chi connectivity index (χ2n) is 5.02. The molecule has 0 atom stereocenters. The van der Waals surface area contributed by atoms with Gasteiger partial charge in [-0.1, -0.05) is 23.9 Å². The molecule has 0 aliphatic carbocycles. The van der Waals surface area contributed by atoms with Crippen molar-refractivity contribution < 1.29 is 13.9 Å². The summed E-state index contributed by atoms with van der Waals surface area (Å²) < 4.78 is 11.1. The van der Waals surface area contributed by atoms with Gasteiger partial charge in [-0.3, -0.25) is 4.79 Å². The zero-order valence-electron chi connectivity index (χ0n) is 13.4. The van der Waals surface area contributed by atoms with E-state index in [1.165, 1.54) is 11.8 Å². The molecule has 7 heteroatoms. The minimum absolute atomic E-state index is 0.154. The Morgan fingerprint density at radius 3 is 2.92 bits per heavy atom. The van der Waals surface area contributed by atoms with Crippen molar-refractivity contribution in [3.63, 3.8) is 0 Å². The molecule has 0 aliphatic rings. The van der Waals surface area contributed by atoms with Gasteiger partial charge in [0.05, 0.1) is 18.0 Å². The Morgan fingerprint density at radius 2 is 2.08 bits per heavy atom.